The predicted octanol–water partition coefficient (Wildman–Crippen LogP) is 4.15. The minimum atomic E-state index is -0.165. The molecular formula is C15H21BrFN. The van der Waals surface area contributed by atoms with Crippen LogP contribution in [0, 0.1) is 17.7 Å². The van der Waals surface area contributed by atoms with Crippen molar-refractivity contribution in [3.63, 3.8) is 0 Å². The highest BCUT2D eigenvalue weighted by molar-refractivity contribution is 9.10. The number of likely N-dealkylation sites (N-methyl/N-ethyl adjacent to an activating group) is 1. The summed E-state index contributed by atoms with van der Waals surface area (Å²) in [5.74, 6) is 1.36. The van der Waals surface area contributed by atoms with Gasteiger partial charge in [-0.15, -0.1) is 0 Å². The van der Waals surface area contributed by atoms with Gasteiger partial charge in [-0.05, 0) is 65.2 Å². The molecule has 0 aromatic heterocycles. The number of rotatable bonds is 6. The van der Waals surface area contributed by atoms with Crippen molar-refractivity contribution >= 4 is 15.9 Å². The lowest BCUT2D eigenvalue weighted by molar-refractivity contribution is 0.344. The van der Waals surface area contributed by atoms with Crippen molar-refractivity contribution < 1.29 is 4.39 Å². The van der Waals surface area contributed by atoms with Crippen molar-refractivity contribution in [3.05, 3.63) is 34.1 Å². The van der Waals surface area contributed by atoms with E-state index in [1.54, 1.807) is 6.07 Å². The predicted molar refractivity (Wildman–Crippen MR) is 77.2 cm³/mol. The fraction of sp³-hybridized carbons (Fsp3) is 0.600. The Balaban J connectivity index is 2.09. The van der Waals surface area contributed by atoms with Gasteiger partial charge in [0.1, 0.15) is 5.82 Å². The van der Waals surface area contributed by atoms with Gasteiger partial charge in [0.25, 0.3) is 0 Å². The maximum Gasteiger partial charge on any atom is 0.137 e. The van der Waals surface area contributed by atoms with Crippen LogP contribution in [0.2, 0.25) is 0 Å². The first kappa shape index (κ1) is 14.0. The van der Waals surface area contributed by atoms with Gasteiger partial charge >= 0.3 is 0 Å². The second-order valence-corrected chi connectivity index (χ2v) is 6.07. The van der Waals surface area contributed by atoms with Gasteiger partial charge in [-0.25, -0.2) is 4.39 Å². The van der Waals surface area contributed by atoms with Crippen LogP contribution in [0.15, 0.2) is 22.7 Å². The zero-order valence-corrected chi connectivity index (χ0v) is 12.6. The van der Waals surface area contributed by atoms with Crippen LogP contribution in [0.5, 0.6) is 0 Å². The molecule has 2 atom stereocenters. The van der Waals surface area contributed by atoms with E-state index in [1.165, 1.54) is 18.9 Å². The molecule has 1 aromatic rings. The van der Waals surface area contributed by atoms with Gasteiger partial charge in [-0.2, -0.15) is 0 Å². The molecule has 0 saturated heterocycles. The molecule has 0 spiro atoms. The van der Waals surface area contributed by atoms with E-state index in [0.717, 1.165) is 24.4 Å². The van der Waals surface area contributed by atoms with E-state index in [9.17, 15) is 4.39 Å². The van der Waals surface area contributed by atoms with Gasteiger partial charge in [0.2, 0.25) is 0 Å². The third kappa shape index (κ3) is 3.33. The maximum absolute atomic E-state index is 13.5. The Morgan fingerprint density at radius 2 is 2.17 bits per heavy atom. The first-order valence-electron chi connectivity index (χ1n) is 6.79. The molecular weight excluding hydrogens is 293 g/mol. The van der Waals surface area contributed by atoms with E-state index in [4.69, 9.17) is 0 Å². The van der Waals surface area contributed by atoms with E-state index in [-0.39, 0.29) is 5.82 Å². The Kier molecular flexibility index (Phi) is 4.79. The Morgan fingerprint density at radius 3 is 2.78 bits per heavy atom. The molecule has 0 aliphatic heterocycles. The minimum absolute atomic E-state index is 0.165. The summed E-state index contributed by atoms with van der Waals surface area (Å²) in [7, 11) is 0. The minimum Gasteiger partial charge on any atom is -0.314 e. The summed E-state index contributed by atoms with van der Waals surface area (Å²) in [6.45, 7) is 5.42. The second-order valence-electron chi connectivity index (χ2n) is 5.28. The van der Waals surface area contributed by atoms with Crippen LogP contribution in [-0.4, -0.2) is 12.6 Å². The van der Waals surface area contributed by atoms with Crippen LogP contribution >= 0.6 is 15.9 Å². The van der Waals surface area contributed by atoms with Crippen LogP contribution in [0.3, 0.4) is 0 Å². The van der Waals surface area contributed by atoms with E-state index < -0.39 is 0 Å². The smallest absolute Gasteiger partial charge is 0.137 e. The van der Waals surface area contributed by atoms with Gasteiger partial charge < -0.3 is 5.32 Å². The van der Waals surface area contributed by atoms with Crippen molar-refractivity contribution in [2.75, 3.05) is 6.54 Å². The van der Waals surface area contributed by atoms with Gasteiger partial charge in [0, 0.05) is 6.04 Å². The van der Waals surface area contributed by atoms with Crippen molar-refractivity contribution in [2.45, 2.75) is 39.2 Å². The SMILES string of the molecule is CCNC(Cc1cccc(F)c1Br)C(C)C1CC1. The molecule has 18 heavy (non-hydrogen) atoms. The summed E-state index contributed by atoms with van der Waals surface area (Å²) >= 11 is 3.36. The zero-order chi connectivity index (χ0) is 13.1. The fourth-order valence-electron chi connectivity index (χ4n) is 2.60. The first-order valence-corrected chi connectivity index (χ1v) is 7.59. The third-order valence-electron chi connectivity index (χ3n) is 3.94. The molecule has 0 bridgehead atoms. The number of hydrogen-bond acceptors (Lipinski definition) is 1. The number of halogens is 2. The maximum atomic E-state index is 13.5. The van der Waals surface area contributed by atoms with Crippen molar-refractivity contribution in [1.29, 1.82) is 0 Å². The molecule has 1 aromatic carbocycles. The summed E-state index contributed by atoms with van der Waals surface area (Å²) in [6.07, 6.45) is 3.60. The van der Waals surface area contributed by atoms with E-state index in [0.29, 0.717) is 16.4 Å². The Morgan fingerprint density at radius 1 is 1.44 bits per heavy atom. The van der Waals surface area contributed by atoms with Crippen molar-refractivity contribution in [2.24, 2.45) is 11.8 Å². The van der Waals surface area contributed by atoms with E-state index >= 15 is 0 Å². The first-order chi connectivity index (χ1) is 8.63. The number of hydrogen-bond donors (Lipinski definition) is 1. The molecule has 1 saturated carbocycles. The molecule has 0 radical (unpaired) electrons. The zero-order valence-electron chi connectivity index (χ0n) is 11.0. The van der Waals surface area contributed by atoms with Crippen molar-refractivity contribution in [1.82, 2.24) is 5.32 Å². The van der Waals surface area contributed by atoms with Gasteiger partial charge in [0.05, 0.1) is 4.47 Å². The summed E-state index contributed by atoms with van der Waals surface area (Å²) in [6, 6.07) is 5.75. The summed E-state index contributed by atoms with van der Waals surface area (Å²) in [5.41, 5.74) is 1.06. The quantitative estimate of drug-likeness (QED) is 0.831. The molecule has 100 valence electrons. The number of nitrogens with one attached hydrogen (secondary N) is 1. The normalized spacial score (nSPS) is 18.7. The molecule has 1 aliphatic carbocycles. The molecule has 0 heterocycles. The Bertz CT molecular complexity index is 403. The Hall–Kier alpha value is -0.410. The number of benzene rings is 1. The van der Waals surface area contributed by atoms with Crippen molar-refractivity contribution in [3.8, 4) is 0 Å². The lowest BCUT2D eigenvalue weighted by Crippen LogP contribution is -2.37. The largest absolute Gasteiger partial charge is 0.314 e. The molecule has 2 unspecified atom stereocenters. The van der Waals surface area contributed by atoms with Crippen LogP contribution in [0.1, 0.15) is 32.3 Å². The van der Waals surface area contributed by atoms with Crippen LogP contribution < -0.4 is 5.32 Å². The standard InChI is InChI=1S/C15H21BrFN/c1-3-18-14(10(2)11-7-8-11)9-12-5-4-6-13(17)15(12)16/h4-6,10-11,14,18H,3,7-9H2,1-2H3. The van der Waals surface area contributed by atoms with Gasteiger partial charge in [-0.3, -0.25) is 0 Å². The molecule has 1 N–H and O–H groups in total. The lowest BCUT2D eigenvalue weighted by atomic mass is 9.91. The van der Waals surface area contributed by atoms with Gasteiger partial charge in [0.15, 0.2) is 0 Å². The highest BCUT2D eigenvalue weighted by atomic mass is 79.9. The van der Waals surface area contributed by atoms with Crippen LogP contribution in [-0.2, 0) is 6.42 Å². The molecule has 1 fully saturated rings. The molecule has 2 rings (SSSR count). The molecule has 1 aliphatic rings. The van der Waals surface area contributed by atoms with E-state index in [2.05, 4.69) is 35.1 Å². The topological polar surface area (TPSA) is 12.0 Å². The monoisotopic (exact) mass is 313 g/mol. The highest BCUT2D eigenvalue weighted by Gasteiger charge is 2.33. The fourth-order valence-corrected chi connectivity index (χ4v) is 3.03. The molecule has 1 nitrogen and oxygen atoms in total. The average molecular weight is 314 g/mol. The summed E-state index contributed by atoms with van der Waals surface area (Å²) in [5, 5.41) is 3.56. The third-order valence-corrected chi connectivity index (χ3v) is 4.83. The van der Waals surface area contributed by atoms with Crippen LogP contribution in [0.4, 0.5) is 4.39 Å². The van der Waals surface area contributed by atoms with Crippen LogP contribution in [0.25, 0.3) is 0 Å². The highest BCUT2D eigenvalue weighted by Crippen LogP contribution is 2.39. The average Bonchev–Trinajstić information content (AvgIpc) is 3.17. The second kappa shape index (κ2) is 6.16. The lowest BCUT2D eigenvalue weighted by Gasteiger charge is -2.25. The summed E-state index contributed by atoms with van der Waals surface area (Å²) in [4.78, 5) is 0. The summed E-state index contributed by atoms with van der Waals surface area (Å²) < 4.78 is 14.1. The van der Waals surface area contributed by atoms with E-state index in [1.807, 2.05) is 6.07 Å². The Labute approximate surface area is 117 Å². The van der Waals surface area contributed by atoms with Gasteiger partial charge in [-0.1, -0.05) is 26.0 Å². The molecule has 0 amide bonds. The molecule has 3 heteroatoms.